The number of carbonyl (C=O) groups excluding carboxylic acids is 1. The number of hydrogen-bond acceptors (Lipinski definition) is 2. The monoisotopic (exact) mass is 365 g/mol. The quantitative estimate of drug-likeness (QED) is 0.818. The second-order valence-electron chi connectivity index (χ2n) is 9.02. The maximum atomic E-state index is 12.4. The predicted octanol–water partition coefficient (Wildman–Crippen LogP) is 4.03. The van der Waals surface area contributed by atoms with Gasteiger partial charge in [-0.05, 0) is 63.3 Å². The summed E-state index contributed by atoms with van der Waals surface area (Å²) in [7, 11) is 0. The van der Waals surface area contributed by atoms with E-state index in [9.17, 15) is 4.79 Å². The maximum absolute atomic E-state index is 12.4. The van der Waals surface area contributed by atoms with E-state index in [1.165, 1.54) is 48.7 Å². The first kappa shape index (κ1) is 17.3. The Morgan fingerprint density at radius 2 is 2.04 bits per heavy atom. The lowest BCUT2D eigenvalue weighted by atomic mass is 9.73. The van der Waals surface area contributed by atoms with Crippen LogP contribution in [0.25, 0.3) is 10.9 Å². The zero-order valence-corrected chi connectivity index (χ0v) is 16.5. The molecular formula is C23H31N3O. The Hall–Kier alpha value is -1.81. The number of fused-ring (bicyclic) bond motifs is 1. The smallest absolute Gasteiger partial charge is 0.222 e. The number of amides is 1. The van der Waals surface area contributed by atoms with E-state index >= 15 is 0 Å². The Morgan fingerprint density at radius 3 is 2.85 bits per heavy atom. The van der Waals surface area contributed by atoms with E-state index in [1.54, 1.807) is 0 Å². The topological polar surface area (TPSA) is 28.5 Å². The molecule has 0 radical (unpaired) electrons. The average molecular weight is 366 g/mol. The predicted molar refractivity (Wildman–Crippen MR) is 109 cm³/mol. The van der Waals surface area contributed by atoms with Gasteiger partial charge >= 0.3 is 0 Å². The van der Waals surface area contributed by atoms with Gasteiger partial charge in [-0.15, -0.1) is 0 Å². The van der Waals surface area contributed by atoms with Gasteiger partial charge in [-0.2, -0.15) is 0 Å². The van der Waals surface area contributed by atoms with Gasteiger partial charge in [-0.25, -0.2) is 0 Å². The molecule has 4 nitrogen and oxygen atoms in total. The molecule has 0 bridgehead atoms. The van der Waals surface area contributed by atoms with E-state index in [2.05, 4.69) is 51.8 Å². The van der Waals surface area contributed by atoms with Crippen LogP contribution in [0.3, 0.4) is 0 Å². The van der Waals surface area contributed by atoms with Crippen molar-refractivity contribution in [1.82, 2.24) is 14.4 Å². The van der Waals surface area contributed by atoms with Gasteiger partial charge in [0.15, 0.2) is 0 Å². The van der Waals surface area contributed by atoms with E-state index in [-0.39, 0.29) is 0 Å². The van der Waals surface area contributed by atoms with Crippen molar-refractivity contribution in [2.24, 2.45) is 5.41 Å². The van der Waals surface area contributed by atoms with E-state index in [0.717, 1.165) is 39.0 Å². The number of benzene rings is 1. The number of aromatic nitrogens is 1. The van der Waals surface area contributed by atoms with Crippen LogP contribution in [0, 0.1) is 5.41 Å². The van der Waals surface area contributed by atoms with Crippen molar-refractivity contribution in [2.45, 2.75) is 64.6 Å². The average Bonchev–Trinajstić information content (AvgIpc) is 3.43. The molecule has 1 atom stereocenters. The highest BCUT2D eigenvalue weighted by molar-refractivity contribution is 5.83. The molecule has 1 aromatic heterocycles. The molecule has 4 heteroatoms. The summed E-state index contributed by atoms with van der Waals surface area (Å²) in [5.74, 6) is 0.408. The summed E-state index contributed by atoms with van der Waals surface area (Å²) in [5.41, 5.74) is 3.13. The first-order chi connectivity index (χ1) is 13.2. The summed E-state index contributed by atoms with van der Waals surface area (Å²) in [6.45, 7) is 7.59. The third-order valence-electron chi connectivity index (χ3n) is 7.06. The molecule has 2 aliphatic heterocycles. The second-order valence-corrected chi connectivity index (χ2v) is 9.02. The lowest BCUT2D eigenvalue weighted by Crippen LogP contribution is -2.54. The molecule has 1 amide bonds. The Morgan fingerprint density at radius 1 is 1.15 bits per heavy atom. The summed E-state index contributed by atoms with van der Waals surface area (Å²) >= 11 is 0. The van der Waals surface area contributed by atoms with Crippen LogP contribution in [0.1, 0.15) is 51.0 Å². The first-order valence-electron chi connectivity index (χ1n) is 10.8. The van der Waals surface area contributed by atoms with Gasteiger partial charge in [0.1, 0.15) is 0 Å². The van der Waals surface area contributed by atoms with E-state index in [0.29, 0.717) is 17.4 Å². The Balaban J connectivity index is 1.34. The standard InChI is InChI=1S/C23H31N3O/c1-2-25-14-10-20-18(5-3-6-21(20)25)15-24-13-4-11-23(16-24)12-9-22(27)26(17-23)19-7-8-19/h3,5-6,10,14,19H,2,4,7-9,11-13,15-17H2,1H3/t23-/m1/s1. The van der Waals surface area contributed by atoms with Crippen molar-refractivity contribution in [3.63, 3.8) is 0 Å². The van der Waals surface area contributed by atoms with Crippen LogP contribution in [-0.4, -0.2) is 46.0 Å². The molecule has 2 saturated heterocycles. The van der Waals surface area contributed by atoms with Gasteiger partial charge in [-0.1, -0.05) is 12.1 Å². The Bertz CT molecular complexity index is 852. The van der Waals surface area contributed by atoms with Crippen LogP contribution in [0.5, 0.6) is 0 Å². The van der Waals surface area contributed by atoms with E-state index in [1.807, 2.05) is 0 Å². The van der Waals surface area contributed by atoms with Gasteiger partial charge < -0.3 is 9.47 Å². The minimum absolute atomic E-state index is 0.331. The van der Waals surface area contributed by atoms with Crippen molar-refractivity contribution < 1.29 is 4.79 Å². The molecule has 2 aromatic rings. The van der Waals surface area contributed by atoms with Gasteiger partial charge in [-0.3, -0.25) is 9.69 Å². The molecule has 1 spiro atoms. The van der Waals surface area contributed by atoms with Crippen molar-refractivity contribution in [3.8, 4) is 0 Å². The largest absolute Gasteiger partial charge is 0.348 e. The van der Waals surface area contributed by atoms with Gasteiger partial charge in [0.2, 0.25) is 5.91 Å². The number of nitrogens with zero attached hydrogens (tertiary/aromatic N) is 3. The molecule has 0 unspecified atom stereocenters. The Kier molecular flexibility index (Phi) is 4.27. The van der Waals surface area contributed by atoms with Crippen LogP contribution in [0.15, 0.2) is 30.5 Å². The zero-order chi connectivity index (χ0) is 18.4. The molecule has 144 valence electrons. The molecular weight excluding hydrogens is 334 g/mol. The van der Waals surface area contributed by atoms with Gasteiger partial charge in [0.25, 0.3) is 0 Å². The first-order valence-corrected chi connectivity index (χ1v) is 10.8. The molecule has 1 aromatic carbocycles. The van der Waals surface area contributed by atoms with Crippen molar-refractivity contribution in [3.05, 3.63) is 36.0 Å². The molecule has 3 heterocycles. The maximum Gasteiger partial charge on any atom is 0.222 e. The van der Waals surface area contributed by atoms with Crippen molar-refractivity contribution >= 4 is 16.8 Å². The van der Waals surface area contributed by atoms with E-state index < -0.39 is 0 Å². The Labute approximate surface area is 162 Å². The van der Waals surface area contributed by atoms with Gasteiger partial charge in [0.05, 0.1) is 0 Å². The SMILES string of the molecule is CCn1ccc2c(CN3CCC[C@@]4(CCC(=O)N(C5CC5)C4)C3)cccc21. The third kappa shape index (κ3) is 3.18. The molecule has 0 N–H and O–H groups in total. The summed E-state index contributed by atoms with van der Waals surface area (Å²) in [6.07, 6.45) is 9.06. The van der Waals surface area contributed by atoms with Gasteiger partial charge in [0, 0.05) is 61.2 Å². The van der Waals surface area contributed by atoms with Crippen molar-refractivity contribution in [1.29, 1.82) is 0 Å². The lowest BCUT2D eigenvalue weighted by molar-refractivity contribution is -0.140. The highest BCUT2D eigenvalue weighted by atomic mass is 16.2. The number of aryl methyl sites for hydroxylation is 1. The number of rotatable bonds is 4. The van der Waals surface area contributed by atoms with Crippen molar-refractivity contribution in [2.75, 3.05) is 19.6 Å². The van der Waals surface area contributed by atoms with Crippen LogP contribution >= 0.6 is 0 Å². The van der Waals surface area contributed by atoms with Crippen LogP contribution < -0.4 is 0 Å². The minimum atomic E-state index is 0.331. The molecule has 3 aliphatic rings. The number of likely N-dealkylation sites (tertiary alicyclic amines) is 2. The molecule has 1 aliphatic carbocycles. The molecule has 5 rings (SSSR count). The zero-order valence-electron chi connectivity index (χ0n) is 16.5. The highest BCUT2D eigenvalue weighted by Gasteiger charge is 2.45. The van der Waals surface area contributed by atoms with Crippen LogP contribution in [0.2, 0.25) is 0 Å². The highest BCUT2D eigenvalue weighted by Crippen LogP contribution is 2.42. The summed E-state index contributed by atoms with van der Waals surface area (Å²) < 4.78 is 2.33. The number of carbonyl (C=O) groups is 1. The van der Waals surface area contributed by atoms with E-state index in [4.69, 9.17) is 0 Å². The molecule has 27 heavy (non-hydrogen) atoms. The summed E-state index contributed by atoms with van der Waals surface area (Å²) in [6, 6.07) is 9.58. The fourth-order valence-electron chi connectivity index (χ4n) is 5.48. The lowest BCUT2D eigenvalue weighted by Gasteiger charge is -2.48. The third-order valence-corrected chi connectivity index (χ3v) is 7.06. The second kappa shape index (κ2) is 6.66. The summed E-state index contributed by atoms with van der Waals surface area (Å²) in [4.78, 5) is 17.2. The summed E-state index contributed by atoms with van der Waals surface area (Å²) in [5, 5.41) is 1.40. The molecule has 3 fully saturated rings. The number of piperidine rings is 2. The molecule has 1 saturated carbocycles. The van der Waals surface area contributed by atoms with Crippen LogP contribution in [-0.2, 0) is 17.9 Å². The fourth-order valence-corrected chi connectivity index (χ4v) is 5.48. The van der Waals surface area contributed by atoms with Crippen LogP contribution in [0.4, 0.5) is 0 Å². The number of hydrogen-bond donors (Lipinski definition) is 0. The minimum Gasteiger partial charge on any atom is -0.348 e. The normalized spacial score (nSPS) is 27.0. The fraction of sp³-hybridized carbons (Fsp3) is 0.609.